The Bertz CT molecular complexity index is 840. The van der Waals surface area contributed by atoms with Gasteiger partial charge in [0.05, 0.1) is 0 Å². The number of unbranched alkanes of at least 4 members (excludes halogenated alkanes) is 1. The van der Waals surface area contributed by atoms with Gasteiger partial charge in [-0.3, -0.25) is 9.59 Å². The van der Waals surface area contributed by atoms with E-state index in [0.29, 0.717) is 13.0 Å². The van der Waals surface area contributed by atoms with Gasteiger partial charge in [-0.1, -0.05) is 51.8 Å². The van der Waals surface area contributed by atoms with Crippen LogP contribution in [-0.4, -0.2) is 47.0 Å². The lowest BCUT2D eigenvalue weighted by Gasteiger charge is -2.37. The molecule has 198 valence electrons. The van der Waals surface area contributed by atoms with E-state index in [9.17, 15) is 14.4 Å². The lowest BCUT2D eigenvalue weighted by molar-refractivity contribution is -0.143. The third-order valence-electron chi connectivity index (χ3n) is 5.99. The Hall–Kier alpha value is -2.57. The summed E-state index contributed by atoms with van der Waals surface area (Å²) in [6.45, 7) is 19.5. The van der Waals surface area contributed by atoms with Crippen molar-refractivity contribution >= 4 is 17.9 Å². The summed E-state index contributed by atoms with van der Waals surface area (Å²) in [5, 5.41) is 5.83. The van der Waals surface area contributed by atoms with E-state index in [4.69, 9.17) is 4.74 Å². The van der Waals surface area contributed by atoms with E-state index in [1.165, 1.54) is 0 Å². The van der Waals surface area contributed by atoms with Crippen molar-refractivity contribution < 1.29 is 19.1 Å². The molecule has 2 N–H and O–H groups in total. The number of carbonyl (C=O) groups excluding carboxylic acids is 3. The molecule has 3 unspecified atom stereocenters. The molecule has 0 radical (unpaired) electrons. The van der Waals surface area contributed by atoms with Gasteiger partial charge in [0.25, 0.3) is 0 Å². The third kappa shape index (κ3) is 9.19. The number of hydrogen-bond donors (Lipinski definition) is 2. The summed E-state index contributed by atoms with van der Waals surface area (Å²) in [6, 6.07) is 4.19. The molecule has 0 saturated carbocycles. The number of alkyl carbamates (subject to hydrolysis) is 1. The normalized spacial score (nSPS) is 14.1. The van der Waals surface area contributed by atoms with Crippen LogP contribution in [0.3, 0.4) is 0 Å². The number of benzene rings is 1. The average Bonchev–Trinajstić information content (AvgIpc) is 2.73. The number of hydrogen-bond acceptors (Lipinski definition) is 4. The first-order valence-electron chi connectivity index (χ1n) is 12.9. The fourth-order valence-electron chi connectivity index (χ4n) is 4.04. The van der Waals surface area contributed by atoms with Crippen LogP contribution in [0.1, 0.15) is 97.4 Å². The minimum absolute atomic E-state index is 0.0808. The van der Waals surface area contributed by atoms with Gasteiger partial charge in [0.15, 0.2) is 0 Å². The Kier molecular flexibility index (Phi) is 11.7. The first-order chi connectivity index (χ1) is 16.2. The van der Waals surface area contributed by atoms with Gasteiger partial charge in [-0.2, -0.15) is 0 Å². The fourth-order valence-corrected chi connectivity index (χ4v) is 4.04. The van der Waals surface area contributed by atoms with Crippen LogP contribution in [-0.2, 0) is 14.3 Å². The van der Waals surface area contributed by atoms with Crippen LogP contribution in [0.5, 0.6) is 0 Å². The van der Waals surface area contributed by atoms with Crippen LogP contribution in [0.4, 0.5) is 4.79 Å². The highest BCUT2D eigenvalue weighted by Gasteiger charge is 2.39. The van der Waals surface area contributed by atoms with Crippen molar-refractivity contribution in [1.29, 1.82) is 0 Å². The van der Waals surface area contributed by atoms with E-state index in [1.807, 2.05) is 59.7 Å². The molecule has 0 aromatic heterocycles. The molecule has 1 aromatic rings. The van der Waals surface area contributed by atoms with Crippen molar-refractivity contribution in [3.63, 3.8) is 0 Å². The molecule has 3 atom stereocenters. The van der Waals surface area contributed by atoms with Crippen LogP contribution in [0, 0.1) is 19.8 Å². The zero-order valence-electron chi connectivity index (χ0n) is 23.5. The van der Waals surface area contributed by atoms with Crippen molar-refractivity contribution in [2.24, 2.45) is 5.92 Å². The summed E-state index contributed by atoms with van der Waals surface area (Å²) in [5.74, 6) is -0.641. The van der Waals surface area contributed by atoms with E-state index in [1.54, 1.807) is 25.7 Å². The second kappa shape index (κ2) is 13.5. The van der Waals surface area contributed by atoms with Crippen molar-refractivity contribution in [2.45, 2.75) is 112 Å². The molecule has 1 aromatic carbocycles. The Morgan fingerprint density at radius 2 is 1.57 bits per heavy atom. The molecule has 7 heteroatoms. The highest BCUT2D eigenvalue weighted by Crippen LogP contribution is 2.30. The summed E-state index contributed by atoms with van der Waals surface area (Å²) in [7, 11) is 0. The molecule has 0 spiro atoms. The molecular weight excluding hydrogens is 442 g/mol. The van der Waals surface area contributed by atoms with Crippen molar-refractivity contribution in [3.05, 3.63) is 34.9 Å². The summed E-state index contributed by atoms with van der Waals surface area (Å²) in [5.41, 5.74) is 2.04. The summed E-state index contributed by atoms with van der Waals surface area (Å²) >= 11 is 0. The van der Waals surface area contributed by atoms with Gasteiger partial charge in [-0.25, -0.2) is 4.79 Å². The van der Waals surface area contributed by atoms with E-state index in [2.05, 4.69) is 17.6 Å². The Labute approximate surface area is 212 Å². The molecule has 0 fully saturated rings. The van der Waals surface area contributed by atoms with Gasteiger partial charge in [0, 0.05) is 12.6 Å². The molecule has 3 amide bonds. The largest absolute Gasteiger partial charge is 0.444 e. The second-order valence-corrected chi connectivity index (χ2v) is 10.8. The molecule has 0 aliphatic carbocycles. The molecule has 0 saturated heterocycles. The maximum Gasteiger partial charge on any atom is 0.408 e. The van der Waals surface area contributed by atoms with Crippen LogP contribution in [0.15, 0.2) is 18.2 Å². The fraction of sp³-hybridized carbons (Fsp3) is 0.679. The Morgan fingerprint density at radius 3 is 2.03 bits per heavy atom. The first kappa shape index (κ1) is 30.5. The van der Waals surface area contributed by atoms with Crippen LogP contribution in [0.2, 0.25) is 0 Å². The van der Waals surface area contributed by atoms with Gasteiger partial charge >= 0.3 is 6.09 Å². The quantitative estimate of drug-likeness (QED) is 0.433. The number of nitrogens with zero attached hydrogens (tertiary/aromatic N) is 1. The number of amides is 3. The topological polar surface area (TPSA) is 87.7 Å². The number of carbonyl (C=O) groups is 3. The second-order valence-electron chi connectivity index (χ2n) is 10.8. The highest BCUT2D eigenvalue weighted by molar-refractivity contribution is 5.92. The third-order valence-corrected chi connectivity index (χ3v) is 5.99. The minimum Gasteiger partial charge on any atom is -0.444 e. The lowest BCUT2D eigenvalue weighted by Crippen LogP contribution is -2.55. The van der Waals surface area contributed by atoms with E-state index in [0.717, 1.165) is 29.5 Å². The van der Waals surface area contributed by atoms with E-state index < -0.39 is 23.8 Å². The monoisotopic (exact) mass is 489 g/mol. The zero-order chi connectivity index (χ0) is 26.9. The number of rotatable bonds is 11. The van der Waals surface area contributed by atoms with Gasteiger partial charge in [-0.05, 0) is 77.5 Å². The molecule has 35 heavy (non-hydrogen) atoms. The van der Waals surface area contributed by atoms with Crippen molar-refractivity contribution in [1.82, 2.24) is 15.5 Å². The molecular formula is C28H47N3O4. The molecule has 0 heterocycles. The zero-order valence-corrected chi connectivity index (χ0v) is 23.5. The van der Waals surface area contributed by atoms with Gasteiger partial charge < -0.3 is 20.3 Å². The van der Waals surface area contributed by atoms with Crippen LogP contribution in [0.25, 0.3) is 0 Å². The van der Waals surface area contributed by atoms with Gasteiger partial charge in [-0.15, -0.1) is 0 Å². The molecule has 1 rings (SSSR count). The first-order valence-corrected chi connectivity index (χ1v) is 12.9. The standard InChI is InChI=1S/C28H47N3O4/c1-11-13-17-31(26(33)23(19(5)12-2)30-27(34)35-28(8,9)10)24(25(32)29-18(3)4)22-20(6)15-14-16-21(22)7/h14-16,18-19,23-24H,11-13,17H2,1-10H3,(H,29,32)(H,30,34). The van der Waals surface area contributed by atoms with E-state index in [-0.39, 0.29) is 23.8 Å². The van der Waals surface area contributed by atoms with E-state index >= 15 is 0 Å². The molecule has 0 bridgehead atoms. The summed E-state index contributed by atoms with van der Waals surface area (Å²) < 4.78 is 5.46. The number of ether oxygens (including phenoxy) is 1. The highest BCUT2D eigenvalue weighted by atomic mass is 16.6. The molecule has 7 nitrogen and oxygen atoms in total. The molecule has 0 aliphatic heterocycles. The number of nitrogens with one attached hydrogen (secondary N) is 2. The maximum atomic E-state index is 14.2. The predicted octanol–water partition coefficient (Wildman–Crippen LogP) is 5.44. The van der Waals surface area contributed by atoms with Crippen molar-refractivity contribution in [3.8, 4) is 0 Å². The van der Waals surface area contributed by atoms with Gasteiger partial charge in [0.2, 0.25) is 11.8 Å². The summed E-state index contributed by atoms with van der Waals surface area (Å²) in [4.78, 5) is 42.1. The van der Waals surface area contributed by atoms with Crippen LogP contribution < -0.4 is 10.6 Å². The molecule has 0 aliphatic rings. The Balaban J connectivity index is 3.59. The lowest BCUT2D eigenvalue weighted by atomic mass is 9.91. The smallest absolute Gasteiger partial charge is 0.408 e. The van der Waals surface area contributed by atoms with Crippen molar-refractivity contribution in [2.75, 3.05) is 6.54 Å². The average molecular weight is 490 g/mol. The Morgan fingerprint density at radius 1 is 1.00 bits per heavy atom. The SMILES string of the molecule is CCCCN(C(=O)C(NC(=O)OC(C)(C)C)C(C)CC)C(C(=O)NC(C)C)c1c(C)cccc1C. The van der Waals surface area contributed by atoms with Crippen LogP contribution >= 0.6 is 0 Å². The number of aryl methyl sites for hydroxylation is 2. The predicted molar refractivity (Wildman–Crippen MR) is 141 cm³/mol. The maximum absolute atomic E-state index is 14.2. The summed E-state index contributed by atoms with van der Waals surface area (Å²) in [6.07, 6.45) is 1.64. The minimum atomic E-state index is -0.814. The van der Waals surface area contributed by atoms with Gasteiger partial charge in [0.1, 0.15) is 17.7 Å².